The number of amides is 1. The van der Waals surface area contributed by atoms with Crippen LogP contribution in [0.4, 0.5) is 5.69 Å². The molecule has 1 aliphatic rings. The lowest BCUT2D eigenvalue weighted by molar-refractivity contribution is -0.120. The number of nitrogens with one attached hydrogen (secondary N) is 1. The molecule has 1 atom stereocenters. The third-order valence-corrected chi connectivity index (χ3v) is 7.22. The molecule has 1 saturated heterocycles. The number of sulfonamides is 1. The number of carbonyl (C=O) groups is 1. The third-order valence-electron chi connectivity index (χ3n) is 4.84. The van der Waals surface area contributed by atoms with Crippen LogP contribution in [-0.2, 0) is 20.6 Å². The molecule has 0 saturated carbocycles. The van der Waals surface area contributed by atoms with Crippen LogP contribution in [-0.4, -0.2) is 38.8 Å². The predicted molar refractivity (Wildman–Crippen MR) is 115 cm³/mol. The van der Waals surface area contributed by atoms with E-state index in [-0.39, 0.29) is 18.2 Å². The largest absolute Gasteiger partial charge is 0.497 e. The first-order chi connectivity index (χ1) is 13.8. The van der Waals surface area contributed by atoms with E-state index in [9.17, 15) is 13.2 Å². The normalized spacial score (nSPS) is 17.7. The summed E-state index contributed by atoms with van der Waals surface area (Å²) in [6.07, 6.45) is 1.24. The number of ether oxygens (including phenoxy) is 1. The van der Waals surface area contributed by atoms with E-state index in [1.807, 2.05) is 0 Å². The topological polar surface area (TPSA) is 75.7 Å². The molecule has 1 amide bonds. The average Bonchev–Trinajstić information content (AvgIpc) is 2.70. The number of hydrogen-bond acceptors (Lipinski definition) is 4. The van der Waals surface area contributed by atoms with E-state index in [0.717, 1.165) is 0 Å². The van der Waals surface area contributed by atoms with Gasteiger partial charge in [-0.25, -0.2) is 12.7 Å². The number of benzene rings is 2. The minimum Gasteiger partial charge on any atom is -0.497 e. The molecule has 1 aliphatic heterocycles. The van der Waals surface area contributed by atoms with E-state index in [1.165, 1.54) is 10.4 Å². The Hall–Kier alpha value is -1.80. The number of nitrogens with zero attached hydrogens (tertiary/aromatic N) is 1. The minimum atomic E-state index is -3.62. The van der Waals surface area contributed by atoms with E-state index in [4.69, 9.17) is 27.9 Å². The molecule has 0 spiro atoms. The van der Waals surface area contributed by atoms with Crippen LogP contribution in [0.5, 0.6) is 5.75 Å². The van der Waals surface area contributed by atoms with Crippen LogP contribution < -0.4 is 10.1 Å². The fourth-order valence-corrected chi connectivity index (χ4v) is 5.48. The average molecular weight is 457 g/mol. The molecule has 1 heterocycles. The molecule has 1 fully saturated rings. The van der Waals surface area contributed by atoms with Gasteiger partial charge < -0.3 is 10.1 Å². The zero-order valence-corrected chi connectivity index (χ0v) is 18.2. The van der Waals surface area contributed by atoms with Crippen molar-refractivity contribution in [1.82, 2.24) is 4.31 Å². The first kappa shape index (κ1) is 21.9. The Morgan fingerprint density at radius 2 is 2.03 bits per heavy atom. The molecule has 3 rings (SSSR count). The number of rotatable bonds is 6. The summed E-state index contributed by atoms with van der Waals surface area (Å²) in [6, 6.07) is 11.8. The fraction of sp³-hybridized carbons (Fsp3) is 0.350. The molecule has 0 bridgehead atoms. The van der Waals surface area contributed by atoms with Crippen molar-refractivity contribution in [3.05, 3.63) is 58.1 Å². The summed E-state index contributed by atoms with van der Waals surface area (Å²) in [5, 5.41) is 3.61. The Bertz CT molecular complexity index is 998. The Balaban J connectivity index is 1.68. The van der Waals surface area contributed by atoms with Crippen LogP contribution in [0.15, 0.2) is 42.5 Å². The van der Waals surface area contributed by atoms with E-state index in [1.54, 1.807) is 43.5 Å². The second kappa shape index (κ2) is 9.34. The number of carbonyl (C=O) groups excluding carboxylic acids is 1. The van der Waals surface area contributed by atoms with Crippen molar-refractivity contribution in [2.75, 3.05) is 25.5 Å². The van der Waals surface area contributed by atoms with Gasteiger partial charge in [0.1, 0.15) is 5.75 Å². The SMILES string of the molecule is COc1cccc(NC(=O)[C@H]2CCCN(S(=O)(=O)Cc3ccc(Cl)cc3Cl)C2)c1. The van der Waals surface area contributed by atoms with E-state index in [2.05, 4.69) is 5.32 Å². The van der Waals surface area contributed by atoms with Crippen molar-refractivity contribution in [1.29, 1.82) is 0 Å². The van der Waals surface area contributed by atoms with Gasteiger partial charge in [-0.2, -0.15) is 0 Å². The summed E-state index contributed by atoms with van der Waals surface area (Å²) >= 11 is 12.0. The first-order valence-corrected chi connectivity index (χ1v) is 11.5. The summed E-state index contributed by atoms with van der Waals surface area (Å²) < 4.78 is 32.3. The lowest BCUT2D eigenvalue weighted by Gasteiger charge is -2.31. The highest BCUT2D eigenvalue weighted by Gasteiger charge is 2.32. The number of hydrogen-bond donors (Lipinski definition) is 1. The third kappa shape index (κ3) is 5.63. The van der Waals surface area contributed by atoms with E-state index < -0.39 is 15.9 Å². The van der Waals surface area contributed by atoms with Gasteiger partial charge in [-0.05, 0) is 42.7 Å². The van der Waals surface area contributed by atoms with Crippen LogP contribution >= 0.6 is 23.2 Å². The zero-order chi connectivity index (χ0) is 21.0. The second-order valence-electron chi connectivity index (χ2n) is 6.91. The summed E-state index contributed by atoms with van der Waals surface area (Å²) in [6.45, 7) is 0.528. The zero-order valence-electron chi connectivity index (χ0n) is 15.9. The summed E-state index contributed by atoms with van der Waals surface area (Å²) in [5.74, 6) is -0.226. The van der Waals surface area contributed by atoms with Crippen molar-refractivity contribution in [2.45, 2.75) is 18.6 Å². The van der Waals surface area contributed by atoms with Crippen molar-refractivity contribution in [3.8, 4) is 5.75 Å². The van der Waals surface area contributed by atoms with Crippen LogP contribution in [0.3, 0.4) is 0 Å². The second-order valence-corrected chi connectivity index (χ2v) is 9.72. The molecule has 9 heteroatoms. The summed E-state index contributed by atoms with van der Waals surface area (Å²) in [5.41, 5.74) is 1.10. The molecular formula is C20H22Cl2N2O4S. The molecule has 29 heavy (non-hydrogen) atoms. The highest BCUT2D eigenvalue weighted by atomic mass is 35.5. The molecular weight excluding hydrogens is 435 g/mol. The summed E-state index contributed by atoms with van der Waals surface area (Å²) in [4.78, 5) is 12.7. The van der Waals surface area contributed by atoms with Gasteiger partial charge in [-0.3, -0.25) is 4.79 Å². The maximum atomic E-state index is 12.9. The van der Waals surface area contributed by atoms with Gasteiger partial charge in [0, 0.05) is 34.9 Å². The molecule has 0 radical (unpaired) electrons. The van der Waals surface area contributed by atoms with E-state index in [0.29, 0.717) is 46.4 Å². The maximum Gasteiger partial charge on any atom is 0.228 e. The van der Waals surface area contributed by atoms with Crippen molar-refractivity contribution in [3.63, 3.8) is 0 Å². The number of anilines is 1. The van der Waals surface area contributed by atoms with Crippen LogP contribution in [0.2, 0.25) is 10.0 Å². The molecule has 1 N–H and O–H groups in total. The van der Waals surface area contributed by atoms with Gasteiger partial charge in [0.2, 0.25) is 15.9 Å². The fourth-order valence-electron chi connectivity index (χ4n) is 3.28. The standard InChI is InChI=1S/C20H22Cl2N2O4S/c1-28-18-6-2-5-17(11-18)23-20(25)14-4-3-9-24(12-14)29(26,27)13-15-7-8-16(21)10-19(15)22/h2,5-8,10-11,14H,3-4,9,12-13H2,1H3,(H,23,25)/t14-/m0/s1. The molecule has 2 aromatic carbocycles. The van der Waals surface area contributed by atoms with Gasteiger partial charge in [-0.1, -0.05) is 35.3 Å². The molecule has 0 aromatic heterocycles. The smallest absolute Gasteiger partial charge is 0.228 e. The number of piperidine rings is 1. The Morgan fingerprint density at radius 3 is 2.76 bits per heavy atom. The van der Waals surface area contributed by atoms with Gasteiger partial charge in [-0.15, -0.1) is 0 Å². The molecule has 2 aromatic rings. The Kier molecular flexibility index (Phi) is 7.05. The van der Waals surface area contributed by atoms with Crippen LogP contribution in [0.25, 0.3) is 0 Å². The van der Waals surface area contributed by atoms with Crippen LogP contribution in [0.1, 0.15) is 18.4 Å². The molecule has 156 valence electrons. The highest BCUT2D eigenvalue weighted by molar-refractivity contribution is 7.88. The van der Waals surface area contributed by atoms with Gasteiger partial charge in [0.05, 0.1) is 18.8 Å². The highest BCUT2D eigenvalue weighted by Crippen LogP contribution is 2.27. The van der Waals surface area contributed by atoms with Crippen molar-refractivity contribution < 1.29 is 17.9 Å². The first-order valence-electron chi connectivity index (χ1n) is 9.15. The lowest BCUT2D eigenvalue weighted by Crippen LogP contribution is -2.44. The number of methoxy groups -OCH3 is 1. The Labute approximate surface area is 180 Å². The minimum absolute atomic E-state index is 0.142. The lowest BCUT2D eigenvalue weighted by atomic mass is 9.98. The Morgan fingerprint density at radius 1 is 1.24 bits per heavy atom. The predicted octanol–water partition coefficient (Wildman–Crippen LogP) is 4.18. The van der Waals surface area contributed by atoms with Gasteiger partial charge >= 0.3 is 0 Å². The molecule has 0 aliphatic carbocycles. The van der Waals surface area contributed by atoms with Crippen LogP contribution in [0, 0.1) is 5.92 Å². The van der Waals surface area contributed by atoms with Gasteiger partial charge in [0.25, 0.3) is 0 Å². The van der Waals surface area contributed by atoms with E-state index >= 15 is 0 Å². The van der Waals surface area contributed by atoms with Gasteiger partial charge in [0.15, 0.2) is 0 Å². The number of halogens is 2. The molecule has 6 nitrogen and oxygen atoms in total. The summed E-state index contributed by atoms with van der Waals surface area (Å²) in [7, 11) is -2.06. The molecule has 0 unspecified atom stereocenters. The monoisotopic (exact) mass is 456 g/mol. The maximum absolute atomic E-state index is 12.9. The van der Waals surface area contributed by atoms with Crippen molar-refractivity contribution in [2.24, 2.45) is 5.92 Å². The van der Waals surface area contributed by atoms with Crippen molar-refractivity contribution >= 4 is 44.8 Å². The quantitative estimate of drug-likeness (QED) is 0.706.